The molecule has 1 N–H and O–H groups in total. The average Bonchev–Trinajstić information content (AvgIpc) is 2.29. The lowest BCUT2D eigenvalue weighted by molar-refractivity contribution is -0.384. The van der Waals surface area contributed by atoms with E-state index in [1.807, 2.05) is 0 Å². The van der Waals surface area contributed by atoms with Gasteiger partial charge < -0.3 is 10.1 Å². The lowest BCUT2D eigenvalue weighted by atomic mass is 10.2. The van der Waals surface area contributed by atoms with E-state index < -0.39 is 10.8 Å². The fraction of sp³-hybridized carbons (Fsp3) is 0.100. The van der Waals surface area contributed by atoms with Crippen molar-refractivity contribution in [2.75, 3.05) is 12.4 Å². The van der Waals surface area contributed by atoms with Gasteiger partial charge in [-0.25, -0.2) is 0 Å². The molecule has 0 radical (unpaired) electrons. The monoisotopic (exact) mass is 222 g/mol. The van der Waals surface area contributed by atoms with E-state index in [-0.39, 0.29) is 11.4 Å². The number of methoxy groups -OCH3 is 1. The first-order valence-corrected chi connectivity index (χ1v) is 4.34. The van der Waals surface area contributed by atoms with E-state index in [1.54, 1.807) is 0 Å². The Balaban J connectivity index is 3.06. The Hall–Kier alpha value is -2.37. The number of nitrogens with zero attached hydrogens (tertiary/aromatic N) is 1. The third-order valence-corrected chi connectivity index (χ3v) is 1.84. The van der Waals surface area contributed by atoms with Crippen LogP contribution in [0.25, 0.3) is 0 Å². The molecule has 84 valence electrons. The van der Waals surface area contributed by atoms with Crippen LogP contribution in [0.3, 0.4) is 0 Å². The zero-order valence-corrected chi connectivity index (χ0v) is 8.60. The Bertz CT molecular complexity index is 442. The van der Waals surface area contributed by atoms with Gasteiger partial charge in [-0.3, -0.25) is 14.9 Å². The lowest BCUT2D eigenvalue weighted by Crippen LogP contribution is -2.08. The molecule has 1 aromatic carbocycles. The number of hydrogen-bond acceptors (Lipinski definition) is 4. The number of carbonyl (C=O) groups excluding carboxylic acids is 1. The molecular weight excluding hydrogens is 212 g/mol. The summed E-state index contributed by atoms with van der Waals surface area (Å²) >= 11 is 0. The molecule has 0 bridgehead atoms. The number of anilines is 1. The topological polar surface area (TPSA) is 81.5 Å². The van der Waals surface area contributed by atoms with E-state index in [4.69, 9.17) is 4.74 Å². The molecule has 1 aromatic rings. The minimum atomic E-state index is -0.540. The van der Waals surface area contributed by atoms with Gasteiger partial charge in [0.15, 0.2) is 0 Å². The number of benzene rings is 1. The maximum Gasteiger partial charge on any atom is 0.273 e. The first-order chi connectivity index (χ1) is 7.58. The van der Waals surface area contributed by atoms with Crippen molar-refractivity contribution in [1.29, 1.82) is 0 Å². The molecule has 0 atom stereocenters. The van der Waals surface area contributed by atoms with Crippen molar-refractivity contribution in [2.45, 2.75) is 0 Å². The number of nitro benzene ring substituents is 1. The number of rotatable bonds is 4. The summed E-state index contributed by atoms with van der Waals surface area (Å²) in [5.41, 5.74) is 0.256. The minimum Gasteiger partial charge on any atom is -0.494 e. The normalized spacial score (nSPS) is 9.31. The van der Waals surface area contributed by atoms with Gasteiger partial charge in [-0.05, 0) is 12.1 Å². The number of non-ortho nitro benzene ring substituents is 1. The van der Waals surface area contributed by atoms with Gasteiger partial charge in [0.05, 0.1) is 23.8 Å². The summed E-state index contributed by atoms with van der Waals surface area (Å²) in [6.07, 6.45) is 1.10. The number of carbonyl (C=O) groups is 1. The Morgan fingerprint density at radius 3 is 2.81 bits per heavy atom. The molecule has 1 amide bonds. The second-order valence-electron chi connectivity index (χ2n) is 2.84. The van der Waals surface area contributed by atoms with E-state index >= 15 is 0 Å². The first-order valence-electron chi connectivity index (χ1n) is 4.34. The third kappa shape index (κ3) is 2.57. The van der Waals surface area contributed by atoms with Gasteiger partial charge in [0.1, 0.15) is 5.75 Å². The molecule has 16 heavy (non-hydrogen) atoms. The molecule has 0 aromatic heterocycles. The molecule has 0 fully saturated rings. The fourth-order valence-corrected chi connectivity index (χ4v) is 1.08. The van der Waals surface area contributed by atoms with Crippen molar-refractivity contribution >= 4 is 17.3 Å². The van der Waals surface area contributed by atoms with Crippen LogP contribution in [0.15, 0.2) is 30.9 Å². The van der Waals surface area contributed by atoms with Crippen LogP contribution in [0, 0.1) is 10.1 Å². The SMILES string of the molecule is C=CC(=O)Nc1ccc([N+](=O)[O-])cc1OC. The summed E-state index contributed by atoms with van der Waals surface area (Å²) in [5, 5.41) is 13.0. The Morgan fingerprint density at radius 1 is 1.62 bits per heavy atom. The molecule has 1 rings (SSSR count). The van der Waals surface area contributed by atoms with Gasteiger partial charge in [0, 0.05) is 6.07 Å². The number of nitrogens with one attached hydrogen (secondary N) is 1. The average molecular weight is 222 g/mol. The van der Waals surface area contributed by atoms with Crippen LogP contribution in [-0.4, -0.2) is 17.9 Å². The Morgan fingerprint density at radius 2 is 2.31 bits per heavy atom. The molecule has 0 aliphatic carbocycles. The van der Waals surface area contributed by atoms with Crippen LogP contribution >= 0.6 is 0 Å². The summed E-state index contributed by atoms with van der Waals surface area (Å²) in [4.78, 5) is 21.0. The Kier molecular flexibility index (Phi) is 3.60. The summed E-state index contributed by atoms with van der Waals surface area (Å²) in [5.74, 6) is -0.184. The van der Waals surface area contributed by atoms with Crippen molar-refractivity contribution in [3.05, 3.63) is 41.0 Å². The molecule has 0 heterocycles. The third-order valence-electron chi connectivity index (χ3n) is 1.84. The summed E-state index contributed by atoms with van der Waals surface area (Å²) < 4.78 is 4.93. The predicted octanol–water partition coefficient (Wildman–Crippen LogP) is 1.73. The predicted molar refractivity (Wildman–Crippen MR) is 58.5 cm³/mol. The second-order valence-corrected chi connectivity index (χ2v) is 2.84. The highest BCUT2D eigenvalue weighted by molar-refractivity contribution is 6.00. The molecule has 6 heteroatoms. The second kappa shape index (κ2) is 4.92. The molecular formula is C10H10N2O4. The standard InChI is InChI=1S/C10H10N2O4/c1-3-10(13)11-8-5-4-7(12(14)15)6-9(8)16-2/h3-6H,1H2,2H3,(H,11,13). The molecule has 0 spiro atoms. The van der Waals surface area contributed by atoms with Crippen LogP contribution in [0.5, 0.6) is 5.75 Å². The maximum absolute atomic E-state index is 11.0. The highest BCUT2D eigenvalue weighted by Crippen LogP contribution is 2.28. The van der Waals surface area contributed by atoms with Crippen LogP contribution in [-0.2, 0) is 4.79 Å². The highest BCUT2D eigenvalue weighted by atomic mass is 16.6. The summed E-state index contributed by atoms with van der Waals surface area (Å²) in [6.45, 7) is 3.30. The van der Waals surface area contributed by atoms with Crippen molar-refractivity contribution in [3.63, 3.8) is 0 Å². The molecule has 0 saturated heterocycles. The Labute approximate surface area is 91.7 Å². The molecule has 0 aliphatic rings. The summed E-state index contributed by atoms with van der Waals surface area (Å²) in [6, 6.07) is 3.91. The van der Waals surface area contributed by atoms with E-state index in [2.05, 4.69) is 11.9 Å². The van der Waals surface area contributed by atoms with E-state index in [9.17, 15) is 14.9 Å². The van der Waals surface area contributed by atoms with Gasteiger partial charge >= 0.3 is 0 Å². The molecule has 6 nitrogen and oxygen atoms in total. The van der Waals surface area contributed by atoms with Gasteiger partial charge in [0.2, 0.25) is 5.91 Å². The van der Waals surface area contributed by atoms with Gasteiger partial charge in [-0.15, -0.1) is 0 Å². The van der Waals surface area contributed by atoms with Crippen molar-refractivity contribution in [3.8, 4) is 5.75 Å². The van der Waals surface area contributed by atoms with E-state index in [0.717, 1.165) is 6.08 Å². The van der Waals surface area contributed by atoms with Crippen LogP contribution in [0.1, 0.15) is 0 Å². The summed E-state index contributed by atoms with van der Waals surface area (Å²) in [7, 11) is 1.36. The fourth-order valence-electron chi connectivity index (χ4n) is 1.08. The minimum absolute atomic E-state index is 0.103. The van der Waals surface area contributed by atoms with Crippen LogP contribution < -0.4 is 10.1 Å². The zero-order chi connectivity index (χ0) is 12.1. The molecule has 0 saturated carbocycles. The van der Waals surface area contributed by atoms with Crippen LogP contribution in [0.4, 0.5) is 11.4 Å². The number of nitro groups is 1. The first kappa shape index (κ1) is 11.7. The van der Waals surface area contributed by atoms with Crippen molar-refractivity contribution in [1.82, 2.24) is 0 Å². The van der Waals surface area contributed by atoms with E-state index in [0.29, 0.717) is 5.69 Å². The van der Waals surface area contributed by atoms with Gasteiger partial charge in [-0.2, -0.15) is 0 Å². The number of ether oxygens (including phenoxy) is 1. The smallest absolute Gasteiger partial charge is 0.273 e. The number of amides is 1. The van der Waals surface area contributed by atoms with Crippen molar-refractivity contribution in [2.24, 2.45) is 0 Å². The molecule has 0 unspecified atom stereocenters. The lowest BCUT2D eigenvalue weighted by Gasteiger charge is -2.07. The highest BCUT2D eigenvalue weighted by Gasteiger charge is 2.11. The van der Waals surface area contributed by atoms with Crippen molar-refractivity contribution < 1.29 is 14.5 Å². The maximum atomic E-state index is 11.0. The van der Waals surface area contributed by atoms with E-state index in [1.165, 1.54) is 25.3 Å². The zero-order valence-electron chi connectivity index (χ0n) is 8.60. The van der Waals surface area contributed by atoms with Crippen LogP contribution in [0.2, 0.25) is 0 Å². The quantitative estimate of drug-likeness (QED) is 0.477. The van der Waals surface area contributed by atoms with Gasteiger partial charge in [0.25, 0.3) is 5.69 Å². The molecule has 0 aliphatic heterocycles. The van der Waals surface area contributed by atoms with Gasteiger partial charge in [-0.1, -0.05) is 6.58 Å². The largest absolute Gasteiger partial charge is 0.494 e. The number of hydrogen-bond donors (Lipinski definition) is 1.